The smallest absolute Gasteiger partial charge is 0.282 e. The summed E-state index contributed by atoms with van der Waals surface area (Å²) in [5.41, 5.74) is 0.726. The molecule has 3 nitrogen and oxygen atoms in total. The van der Waals surface area contributed by atoms with Crippen LogP contribution in [0.1, 0.15) is 76.7 Å². The summed E-state index contributed by atoms with van der Waals surface area (Å²) >= 11 is 0. The van der Waals surface area contributed by atoms with E-state index in [0.29, 0.717) is 6.42 Å². The number of aryl methyl sites for hydroxylation is 1. The minimum absolute atomic E-state index is 0. The fraction of sp³-hybridized carbons (Fsp3) is 0.667. The van der Waals surface area contributed by atoms with Crippen LogP contribution in [-0.4, -0.2) is 13.0 Å². The summed E-state index contributed by atoms with van der Waals surface area (Å²) in [7, 11) is -4.10. The molecule has 0 aromatic heterocycles. The standard InChI is InChI=1S/C18H30O3S.Gd/c1-2-3-4-5-6-7-8-9-10-11-14-17-15-12-13-16-18(17)22(19,20)21;/h12-13,15-16H,2-11,14H2,1H3,(H,19,20,21);. The summed E-state index contributed by atoms with van der Waals surface area (Å²) in [6, 6.07) is 6.73. The summed E-state index contributed by atoms with van der Waals surface area (Å²) in [6.07, 6.45) is 13.3. The second-order valence-corrected chi connectivity index (χ2v) is 7.40. The summed E-state index contributed by atoms with van der Waals surface area (Å²) in [6.45, 7) is 2.24. The van der Waals surface area contributed by atoms with Gasteiger partial charge >= 0.3 is 0 Å². The molecule has 0 aliphatic heterocycles. The molecule has 0 atom stereocenters. The molecule has 0 unspecified atom stereocenters. The number of unbranched alkanes of at least 4 members (excludes halogenated alkanes) is 9. The van der Waals surface area contributed by atoms with Gasteiger partial charge in [-0.3, -0.25) is 4.55 Å². The second kappa shape index (κ2) is 13.7. The zero-order valence-electron chi connectivity index (χ0n) is 14.1. The quantitative estimate of drug-likeness (QED) is 0.320. The summed E-state index contributed by atoms with van der Waals surface area (Å²) in [4.78, 5) is 0.0610. The zero-order chi connectivity index (χ0) is 16.3. The van der Waals surface area contributed by atoms with E-state index in [9.17, 15) is 13.0 Å². The molecule has 0 saturated carbocycles. The Morgan fingerprint density at radius 3 is 1.83 bits per heavy atom. The van der Waals surface area contributed by atoms with E-state index in [4.69, 9.17) is 0 Å². The third-order valence-corrected chi connectivity index (χ3v) is 5.00. The van der Waals surface area contributed by atoms with Gasteiger partial charge in [0.25, 0.3) is 10.1 Å². The van der Waals surface area contributed by atoms with Crippen LogP contribution >= 0.6 is 0 Å². The van der Waals surface area contributed by atoms with Crippen molar-refractivity contribution in [3.8, 4) is 0 Å². The van der Waals surface area contributed by atoms with Gasteiger partial charge in [-0.25, -0.2) is 0 Å². The average molecular weight is 484 g/mol. The van der Waals surface area contributed by atoms with Gasteiger partial charge in [-0.15, -0.1) is 0 Å². The zero-order valence-corrected chi connectivity index (χ0v) is 17.2. The van der Waals surface area contributed by atoms with Crippen molar-refractivity contribution in [1.82, 2.24) is 0 Å². The Kier molecular flexibility index (Phi) is 14.0. The van der Waals surface area contributed by atoms with E-state index in [-0.39, 0.29) is 44.8 Å². The Morgan fingerprint density at radius 1 is 0.826 bits per heavy atom. The second-order valence-electron chi connectivity index (χ2n) is 6.01. The summed E-state index contributed by atoms with van der Waals surface area (Å²) in [5.74, 6) is 0. The first-order valence-electron chi connectivity index (χ1n) is 8.61. The maximum absolute atomic E-state index is 11.3. The molecule has 0 aliphatic rings. The minimum Gasteiger partial charge on any atom is -0.282 e. The molecule has 23 heavy (non-hydrogen) atoms. The normalized spacial score (nSPS) is 11.2. The van der Waals surface area contributed by atoms with Gasteiger partial charge in [0.1, 0.15) is 0 Å². The largest absolute Gasteiger partial charge is 0.294 e. The molecule has 134 valence electrons. The van der Waals surface area contributed by atoms with Gasteiger partial charge in [0, 0.05) is 39.9 Å². The molecule has 5 heteroatoms. The Balaban J connectivity index is 0.00000484. The first kappa shape index (κ1) is 23.5. The molecule has 0 spiro atoms. The molecule has 0 aliphatic carbocycles. The van der Waals surface area contributed by atoms with Crippen molar-refractivity contribution >= 4 is 10.1 Å². The van der Waals surface area contributed by atoms with Crippen LogP contribution in [0.15, 0.2) is 29.2 Å². The number of hydrogen-bond donors (Lipinski definition) is 1. The SMILES string of the molecule is CCCCCCCCCCCCc1ccccc1S(=O)(=O)O.[Gd]. The van der Waals surface area contributed by atoms with Crippen LogP contribution in [0.5, 0.6) is 0 Å². The van der Waals surface area contributed by atoms with Gasteiger partial charge in [-0.2, -0.15) is 8.42 Å². The monoisotopic (exact) mass is 484 g/mol. The van der Waals surface area contributed by atoms with Gasteiger partial charge in [-0.1, -0.05) is 82.9 Å². The van der Waals surface area contributed by atoms with Gasteiger partial charge in [0.2, 0.25) is 0 Å². The van der Waals surface area contributed by atoms with Crippen LogP contribution in [0.3, 0.4) is 0 Å². The first-order valence-corrected chi connectivity index (χ1v) is 10.0. The predicted molar refractivity (Wildman–Crippen MR) is 91.8 cm³/mol. The van der Waals surface area contributed by atoms with E-state index in [1.807, 2.05) is 6.07 Å². The van der Waals surface area contributed by atoms with Crippen molar-refractivity contribution in [3.63, 3.8) is 0 Å². The maximum atomic E-state index is 11.3. The molecular weight excluding hydrogens is 454 g/mol. The molecule has 0 amide bonds. The van der Waals surface area contributed by atoms with Gasteiger partial charge in [0.15, 0.2) is 0 Å². The number of hydrogen-bond acceptors (Lipinski definition) is 2. The molecule has 1 rings (SSSR count). The van der Waals surface area contributed by atoms with Crippen molar-refractivity contribution < 1.29 is 52.9 Å². The molecule has 0 radical (unpaired) electrons. The first-order chi connectivity index (χ1) is 10.6. The van der Waals surface area contributed by atoms with Crippen LogP contribution in [0.25, 0.3) is 0 Å². The predicted octanol–water partition coefficient (Wildman–Crippen LogP) is 5.40. The molecular formula is C18H30GdO3S. The molecule has 0 heterocycles. The third-order valence-electron chi connectivity index (χ3n) is 4.05. The number of benzene rings is 1. The van der Waals surface area contributed by atoms with Crippen molar-refractivity contribution in [2.24, 2.45) is 0 Å². The fourth-order valence-electron chi connectivity index (χ4n) is 2.76. The van der Waals surface area contributed by atoms with E-state index in [0.717, 1.165) is 18.4 Å². The van der Waals surface area contributed by atoms with E-state index >= 15 is 0 Å². The topological polar surface area (TPSA) is 54.4 Å². The molecule has 0 saturated heterocycles. The summed E-state index contributed by atoms with van der Waals surface area (Å²) < 4.78 is 31.8. The van der Waals surface area contributed by atoms with Crippen LogP contribution in [0.2, 0.25) is 0 Å². The third kappa shape index (κ3) is 10.8. The Bertz CT molecular complexity index is 515. The van der Waals surface area contributed by atoms with Crippen molar-refractivity contribution in [2.45, 2.75) is 82.4 Å². The maximum Gasteiger partial charge on any atom is 0.294 e. The Morgan fingerprint density at radius 2 is 1.30 bits per heavy atom. The van der Waals surface area contributed by atoms with E-state index < -0.39 is 10.1 Å². The van der Waals surface area contributed by atoms with Gasteiger partial charge < -0.3 is 0 Å². The number of rotatable bonds is 12. The molecule has 1 aromatic rings. The Labute approximate surface area is 174 Å². The molecule has 0 bridgehead atoms. The van der Waals surface area contributed by atoms with E-state index in [1.54, 1.807) is 12.1 Å². The molecule has 1 N–H and O–H groups in total. The van der Waals surface area contributed by atoms with E-state index in [1.165, 1.54) is 57.4 Å². The van der Waals surface area contributed by atoms with Crippen LogP contribution in [0.4, 0.5) is 0 Å². The fourth-order valence-corrected chi connectivity index (χ4v) is 3.52. The van der Waals surface area contributed by atoms with Gasteiger partial charge in [-0.05, 0) is 24.5 Å². The summed E-state index contributed by atoms with van der Waals surface area (Å²) in [5, 5.41) is 0. The minimum atomic E-state index is -4.10. The van der Waals surface area contributed by atoms with Crippen molar-refractivity contribution in [3.05, 3.63) is 29.8 Å². The van der Waals surface area contributed by atoms with Crippen molar-refractivity contribution in [1.29, 1.82) is 0 Å². The molecule has 1 aromatic carbocycles. The molecule has 0 fully saturated rings. The van der Waals surface area contributed by atoms with Crippen LogP contribution < -0.4 is 0 Å². The van der Waals surface area contributed by atoms with Crippen LogP contribution in [0, 0.1) is 39.9 Å². The van der Waals surface area contributed by atoms with E-state index in [2.05, 4.69) is 6.92 Å². The average Bonchev–Trinajstić information content (AvgIpc) is 2.48. The van der Waals surface area contributed by atoms with Crippen molar-refractivity contribution in [2.75, 3.05) is 0 Å². The van der Waals surface area contributed by atoms with Crippen LogP contribution in [-0.2, 0) is 16.5 Å². The Hall–Kier alpha value is 0.455. The van der Waals surface area contributed by atoms with Gasteiger partial charge in [0.05, 0.1) is 4.90 Å².